The van der Waals surface area contributed by atoms with Crippen LogP contribution in [0.1, 0.15) is 63.7 Å². The normalized spacial score (nSPS) is 13.1. The molecule has 2 heterocycles. The van der Waals surface area contributed by atoms with Crippen molar-refractivity contribution in [1.29, 1.82) is 0 Å². The maximum atomic E-state index is 12.6. The topological polar surface area (TPSA) is 77.2 Å². The summed E-state index contributed by atoms with van der Waals surface area (Å²) in [6.07, 6.45) is -1.15. The minimum Gasteiger partial charge on any atom is -0.479 e. The number of hydrogen-bond donors (Lipinski definition) is 1. The Morgan fingerprint density at radius 2 is 1.67 bits per heavy atom. The molecule has 0 aliphatic heterocycles. The lowest BCUT2D eigenvalue weighted by molar-refractivity contribution is -0.160. The SMILES string of the molecule is Cc1cc2nc(-c3ccc4c(c3)nc(C)n4C(C)C)sc2c(-c2ccc(Cl)cc2)c1[C@H](OC(C)(C)C)C(=O)O. The van der Waals surface area contributed by atoms with Crippen molar-refractivity contribution in [2.45, 2.75) is 66.2 Å². The molecule has 0 saturated carbocycles. The first-order valence-corrected chi connectivity index (χ1v) is 14.1. The van der Waals surface area contributed by atoms with Gasteiger partial charge in [0.2, 0.25) is 0 Å². The Bertz CT molecular complexity index is 1710. The smallest absolute Gasteiger partial charge is 0.337 e. The summed E-state index contributed by atoms with van der Waals surface area (Å²) in [6, 6.07) is 16.0. The Balaban J connectivity index is 1.76. The number of thiazole rings is 1. The van der Waals surface area contributed by atoms with Gasteiger partial charge in [-0.05, 0) is 96.0 Å². The number of nitrogens with zero attached hydrogens (tertiary/aromatic N) is 3. The van der Waals surface area contributed by atoms with E-state index < -0.39 is 17.7 Å². The molecule has 8 heteroatoms. The number of carbonyl (C=O) groups is 1. The molecule has 5 aromatic rings. The number of aromatic nitrogens is 3. The van der Waals surface area contributed by atoms with Gasteiger partial charge in [-0.3, -0.25) is 0 Å². The zero-order chi connectivity index (χ0) is 28.2. The van der Waals surface area contributed by atoms with Gasteiger partial charge in [-0.15, -0.1) is 11.3 Å². The van der Waals surface area contributed by atoms with Crippen molar-refractivity contribution < 1.29 is 14.6 Å². The van der Waals surface area contributed by atoms with Crippen molar-refractivity contribution in [2.24, 2.45) is 0 Å². The van der Waals surface area contributed by atoms with Crippen molar-refractivity contribution in [1.82, 2.24) is 14.5 Å². The van der Waals surface area contributed by atoms with Crippen molar-refractivity contribution in [3.05, 3.63) is 70.5 Å². The van der Waals surface area contributed by atoms with Gasteiger partial charge in [0.15, 0.2) is 6.10 Å². The summed E-state index contributed by atoms with van der Waals surface area (Å²) in [7, 11) is 0. The van der Waals surface area contributed by atoms with Crippen molar-refractivity contribution in [3.8, 4) is 21.7 Å². The predicted molar refractivity (Wildman–Crippen MR) is 160 cm³/mol. The van der Waals surface area contributed by atoms with Crippen LogP contribution in [0.15, 0.2) is 48.5 Å². The number of aryl methyl sites for hydroxylation is 2. The lowest BCUT2D eigenvalue weighted by atomic mass is 9.91. The van der Waals surface area contributed by atoms with E-state index >= 15 is 0 Å². The number of halogens is 1. The van der Waals surface area contributed by atoms with E-state index in [4.69, 9.17) is 26.3 Å². The molecule has 1 N–H and O–H groups in total. The molecule has 0 radical (unpaired) electrons. The summed E-state index contributed by atoms with van der Waals surface area (Å²) in [5.74, 6) is -0.0563. The number of carboxylic acid groups (broad SMARTS) is 1. The van der Waals surface area contributed by atoms with Gasteiger partial charge >= 0.3 is 5.97 Å². The van der Waals surface area contributed by atoms with Crippen LogP contribution >= 0.6 is 22.9 Å². The molecular weight excluding hydrogens is 530 g/mol. The van der Waals surface area contributed by atoms with E-state index in [9.17, 15) is 9.90 Å². The molecular formula is C31H32ClN3O3S. The summed E-state index contributed by atoms with van der Waals surface area (Å²) in [4.78, 5) is 22.4. The number of fused-ring (bicyclic) bond motifs is 2. The Labute approximate surface area is 237 Å². The molecule has 39 heavy (non-hydrogen) atoms. The number of imidazole rings is 1. The highest BCUT2D eigenvalue weighted by atomic mass is 35.5. The van der Waals surface area contributed by atoms with Gasteiger partial charge in [-0.1, -0.05) is 23.7 Å². The summed E-state index contributed by atoms with van der Waals surface area (Å²) in [5, 5.41) is 11.7. The highest BCUT2D eigenvalue weighted by Crippen LogP contribution is 2.44. The van der Waals surface area contributed by atoms with Gasteiger partial charge in [0.25, 0.3) is 0 Å². The molecule has 1 atom stereocenters. The average molecular weight is 562 g/mol. The minimum absolute atomic E-state index is 0.309. The number of ether oxygens (including phenoxy) is 1. The molecule has 0 spiro atoms. The molecule has 2 aromatic heterocycles. The monoisotopic (exact) mass is 561 g/mol. The van der Waals surface area contributed by atoms with Gasteiger partial charge in [-0.25, -0.2) is 14.8 Å². The summed E-state index contributed by atoms with van der Waals surface area (Å²) in [6.45, 7) is 13.8. The first-order valence-electron chi connectivity index (χ1n) is 12.9. The van der Waals surface area contributed by atoms with Crippen LogP contribution in [-0.4, -0.2) is 31.2 Å². The van der Waals surface area contributed by atoms with Gasteiger partial charge in [0.1, 0.15) is 10.8 Å². The van der Waals surface area contributed by atoms with Gasteiger partial charge < -0.3 is 14.4 Å². The number of benzene rings is 3. The molecule has 0 aliphatic rings. The summed E-state index contributed by atoms with van der Waals surface area (Å²) >= 11 is 7.76. The molecule has 0 aliphatic carbocycles. The maximum absolute atomic E-state index is 12.6. The molecule has 5 rings (SSSR count). The molecule has 6 nitrogen and oxygen atoms in total. The lowest BCUT2D eigenvalue weighted by Crippen LogP contribution is -2.28. The molecule has 0 saturated heterocycles. The third-order valence-electron chi connectivity index (χ3n) is 6.65. The maximum Gasteiger partial charge on any atom is 0.337 e. The van der Waals surface area contributed by atoms with Gasteiger partial charge in [-0.2, -0.15) is 0 Å². The van der Waals surface area contributed by atoms with E-state index in [-0.39, 0.29) is 0 Å². The van der Waals surface area contributed by atoms with Crippen LogP contribution in [0.25, 0.3) is 42.9 Å². The van der Waals surface area contributed by atoms with Crippen LogP contribution in [0.2, 0.25) is 5.02 Å². The molecule has 0 unspecified atom stereocenters. The van der Waals surface area contributed by atoms with Crippen LogP contribution in [0, 0.1) is 13.8 Å². The quantitative estimate of drug-likeness (QED) is 0.224. The van der Waals surface area contributed by atoms with Crippen LogP contribution in [-0.2, 0) is 9.53 Å². The van der Waals surface area contributed by atoms with Gasteiger partial charge in [0.05, 0.1) is 26.9 Å². The summed E-state index contributed by atoms with van der Waals surface area (Å²) < 4.78 is 9.25. The predicted octanol–water partition coefficient (Wildman–Crippen LogP) is 8.77. The fraction of sp³-hybridized carbons (Fsp3) is 0.323. The molecule has 3 aromatic carbocycles. The first-order chi connectivity index (χ1) is 18.3. The van der Waals surface area contributed by atoms with E-state index in [2.05, 4.69) is 36.6 Å². The largest absolute Gasteiger partial charge is 0.479 e. The lowest BCUT2D eigenvalue weighted by Gasteiger charge is -2.28. The van der Waals surface area contributed by atoms with Crippen molar-refractivity contribution >= 4 is 50.2 Å². The Kier molecular flexibility index (Phi) is 7.04. The third-order valence-corrected chi connectivity index (χ3v) is 8.04. The molecule has 0 bridgehead atoms. The van der Waals surface area contributed by atoms with Crippen LogP contribution < -0.4 is 0 Å². The van der Waals surface area contributed by atoms with E-state index in [1.807, 2.05) is 65.0 Å². The highest BCUT2D eigenvalue weighted by molar-refractivity contribution is 7.22. The van der Waals surface area contributed by atoms with E-state index in [1.54, 1.807) is 11.3 Å². The van der Waals surface area contributed by atoms with E-state index in [0.717, 1.165) is 54.3 Å². The van der Waals surface area contributed by atoms with E-state index in [1.165, 1.54) is 0 Å². The average Bonchev–Trinajstić information content (AvgIpc) is 3.41. The van der Waals surface area contributed by atoms with Crippen LogP contribution in [0.3, 0.4) is 0 Å². The third kappa shape index (κ3) is 5.19. The minimum atomic E-state index is -1.15. The Morgan fingerprint density at radius 1 is 1.00 bits per heavy atom. The summed E-state index contributed by atoms with van der Waals surface area (Å²) in [5.41, 5.74) is 6.25. The molecule has 202 valence electrons. The number of hydrogen-bond acceptors (Lipinski definition) is 5. The van der Waals surface area contributed by atoms with Crippen molar-refractivity contribution in [3.63, 3.8) is 0 Å². The fourth-order valence-electron chi connectivity index (χ4n) is 5.17. The fourth-order valence-corrected chi connectivity index (χ4v) is 6.41. The van der Waals surface area contributed by atoms with Gasteiger partial charge in [0, 0.05) is 27.8 Å². The molecule has 0 amide bonds. The zero-order valence-corrected chi connectivity index (χ0v) is 24.7. The molecule has 0 fully saturated rings. The van der Waals surface area contributed by atoms with Crippen LogP contribution in [0.5, 0.6) is 0 Å². The second-order valence-corrected chi connectivity index (χ2v) is 12.6. The number of rotatable bonds is 6. The second kappa shape index (κ2) is 10.0. The Morgan fingerprint density at radius 3 is 2.28 bits per heavy atom. The Hall–Kier alpha value is -3.26. The number of aliphatic carboxylic acids is 1. The standard InChI is InChI=1S/C31H32ClN3O3S/c1-16(2)35-18(4)33-22-15-20(10-13-24(22)35)29-34-23-14-17(3)25(27(30(36)37)38-31(5,6)7)26(28(23)39-29)19-8-11-21(32)12-9-19/h8-16,27H,1-7H3,(H,36,37)/t27-/m0/s1. The first kappa shape index (κ1) is 27.3. The number of carboxylic acids is 1. The second-order valence-electron chi connectivity index (χ2n) is 11.1. The van der Waals surface area contributed by atoms with Crippen LogP contribution in [0.4, 0.5) is 0 Å². The van der Waals surface area contributed by atoms with Crippen molar-refractivity contribution in [2.75, 3.05) is 0 Å². The van der Waals surface area contributed by atoms with E-state index in [0.29, 0.717) is 16.6 Å². The zero-order valence-electron chi connectivity index (χ0n) is 23.2. The highest BCUT2D eigenvalue weighted by Gasteiger charge is 2.32.